The highest BCUT2D eigenvalue weighted by Crippen LogP contribution is 2.27. The Bertz CT molecular complexity index is 406. The second kappa shape index (κ2) is 5.78. The Kier molecular flexibility index (Phi) is 3.87. The minimum absolute atomic E-state index is 0.599. The van der Waals surface area contributed by atoms with Gasteiger partial charge >= 0.3 is 0 Å². The van der Waals surface area contributed by atoms with Crippen molar-refractivity contribution in [3.05, 3.63) is 18.3 Å². The molecule has 0 amide bonds. The molecular weight excluding hydrogens is 236 g/mol. The highest BCUT2D eigenvalue weighted by Gasteiger charge is 2.20. The number of pyridine rings is 1. The summed E-state index contributed by atoms with van der Waals surface area (Å²) in [5.74, 6) is 1.15. The van der Waals surface area contributed by atoms with Crippen molar-refractivity contribution >= 4 is 11.5 Å². The topological polar surface area (TPSA) is 31.4 Å². The number of anilines is 2. The van der Waals surface area contributed by atoms with Gasteiger partial charge in [-0.1, -0.05) is 0 Å². The van der Waals surface area contributed by atoms with Crippen LogP contribution in [0.4, 0.5) is 11.5 Å². The van der Waals surface area contributed by atoms with Gasteiger partial charge in [0, 0.05) is 25.3 Å². The third-order valence-corrected chi connectivity index (χ3v) is 4.27. The lowest BCUT2D eigenvalue weighted by atomic mass is 10.1. The van der Waals surface area contributed by atoms with E-state index in [2.05, 4.69) is 33.2 Å². The Morgan fingerprint density at radius 3 is 2.63 bits per heavy atom. The fraction of sp³-hybridized carbons (Fsp3) is 0.667. The summed E-state index contributed by atoms with van der Waals surface area (Å²) in [5.41, 5.74) is 1.22. The Hall–Kier alpha value is -1.29. The molecule has 3 rings (SSSR count). The monoisotopic (exact) mass is 260 g/mol. The summed E-state index contributed by atoms with van der Waals surface area (Å²) in [5, 5.41) is 3.72. The fourth-order valence-corrected chi connectivity index (χ4v) is 3.06. The smallest absolute Gasteiger partial charge is 0.151 e. The van der Waals surface area contributed by atoms with Crippen molar-refractivity contribution in [1.29, 1.82) is 0 Å². The van der Waals surface area contributed by atoms with Crippen molar-refractivity contribution in [3.63, 3.8) is 0 Å². The summed E-state index contributed by atoms with van der Waals surface area (Å²) < 4.78 is 0. The van der Waals surface area contributed by atoms with Crippen LogP contribution in [0.3, 0.4) is 0 Å². The molecule has 0 aliphatic carbocycles. The molecule has 0 spiro atoms. The van der Waals surface area contributed by atoms with Gasteiger partial charge in [-0.3, -0.25) is 0 Å². The van der Waals surface area contributed by atoms with E-state index >= 15 is 0 Å². The first-order chi connectivity index (χ1) is 9.33. The molecule has 2 aliphatic rings. The standard InChI is InChI=1S/C15H24N4/c1-18-11-6-13(7-12-18)17-14-5-4-8-16-15(14)19-9-2-3-10-19/h4-5,8,13,17H,2-3,6-7,9-12H2,1H3. The SMILES string of the molecule is CN1CCC(Nc2cccnc2N2CCCC2)CC1. The molecule has 4 heteroatoms. The van der Waals surface area contributed by atoms with Crippen LogP contribution in [-0.2, 0) is 0 Å². The molecule has 2 saturated heterocycles. The van der Waals surface area contributed by atoms with Crippen LogP contribution in [-0.4, -0.2) is 49.2 Å². The van der Waals surface area contributed by atoms with Gasteiger partial charge in [0.05, 0.1) is 5.69 Å². The van der Waals surface area contributed by atoms with Crippen molar-refractivity contribution in [1.82, 2.24) is 9.88 Å². The molecule has 0 saturated carbocycles. The highest BCUT2D eigenvalue weighted by atomic mass is 15.2. The quantitative estimate of drug-likeness (QED) is 0.902. The number of hydrogen-bond acceptors (Lipinski definition) is 4. The molecule has 0 radical (unpaired) electrons. The van der Waals surface area contributed by atoms with E-state index in [-0.39, 0.29) is 0 Å². The van der Waals surface area contributed by atoms with Crippen molar-refractivity contribution in [3.8, 4) is 0 Å². The summed E-state index contributed by atoms with van der Waals surface area (Å²) in [6.07, 6.45) is 6.96. The maximum Gasteiger partial charge on any atom is 0.151 e. The lowest BCUT2D eigenvalue weighted by Gasteiger charge is -2.31. The van der Waals surface area contributed by atoms with E-state index in [0.717, 1.165) is 18.9 Å². The summed E-state index contributed by atoms with van der Waals surface area (Å²) in [4.78, 5) is 9.41. The number of nitrogens with one attached hydrogen (secondary N) is 1. The second-order valence-corrected chi connectivity index (χ2v) is 5.79. The van der Waals surface area contributed by atoms with Crippen LogP contribution in [0.15, 0.2) is 18.3 Å². The average molecular weight is 260 g/mol. The lowest BCUT2D eigenvalue weighted by molar-refractivity contribution is 0.264. The van der Waals surface area contributed by atoms with Gasteiger partial charge in [-0.05, 0) is 58.0 Å². The number of likely N-dealkylation sites (tertiary alicyclic amines) is 1. The summed E-state index contributed by atoms with van der Waals surface area (Å²) in [7, 11) is 2.20. The summed E-state index contributed by atoms with van der Waals surface area (Å²) in [6.45, 7) is 4.69. The van der Waals surface area contributed by atoms with Gasteiger partial charge in [-0.25, -0.2) is 4.98 Å². The van der Waals surface area contributed by atoms with Gasteiger partial charge < -0.3 is 15.1 Å². The van der Waals surface area contributed by atoms with Gasteiger partial charge in [0.2, 0.25) is 0 Å². The van der Waals surface area contributed by atoms with Gasteiger partial charge in [-0.2, -0.15) is 0 Å². The van der Waals surface area contributed by atoms with Crippen molar-refractivity contribution in [2.75, 3.05) is 43.4 Å². The molecule has 4 nitrogen and oxygen atoms in total. The predicted octanol–water partition coefficient (Wildman–Crippen LogP) is 2.19. The zero-order chi connectivity index (χ0) is 13.1. The number of piperidine rings is 1. The Balaban J connectivity index is 1.69. The number of aromatic nitrogens is 1. The molecule has 1 aromatic heterocycles. The molecule has 2 fully saturated rings. The van der Waals surface area contributed by atoms with Crippen molar-refractivity contribution < 1.29 is 0 Å². The van der Waals surface area contributed by atoms with Gasteiger partial charge in [0.1, 0.15) is 0 Å². The molecule has 3 heterocycles. The first kappa shape index (κ1) is 12.7. The summed E-state index contributed by atoms with van der Waals surface area (Å²) >= 11 is 0. The third kappa shape index (κ3) is 3.00. The fourth-order valence-electron chi connectivity index (χ4n) is 3.06. The van der Waals surface area contributed by atoms with Crippen LogP contribution < -0.4 is 10.2 Å². The first-order valence-corrected chi connectivity index (χ1v) is 7.48. The van der Waals surface area contributed by atoms with E-state index in [0.29, 0.717) is 6.04 Å². The van der Waals surface area contributed by atoms with E-state index in [1.165, 1.54) is 44.5 Å². The molecule has 0 unspecified atom stereocenters. The predicted molar refractivity (Wildman–Crippen MR) is 79.8 cm³/mol. The number of hydrogen-bond donors (Lipinski definition) is 1. The maximum atomic E-state index is 4.59. The van der Waals surface area contributed by atoms with E-state index in [1.807, 2.05) is 12.3 Å². The Labute approximate surface area is 115 Å². The van der Waals surface area contributed by atoms with Crippen LogP contribution in [0.5, 0.6) is 0 Å². The molecule has 1 N–H and O–H groups in total. The minimum atomic E-state index is 0.599. The molecule has 0 bridgehead atoms. The zero-order valence-corrected chi connectivity index (χ0v) is 11.8. The minimum Gasteiger partial charge on any atom is -0.379 e. The molecule has 0 atom stereocenters. The Morgan fingerprint density at radius 2 is 1.89 bits per heavy atom. The van der Waals surface area contributed by atoms with E-state index < -0.39 is 0 Å². The largest absolute Gasteiger partial charge is 0.379 e. The molecule has 104 valence electrons. The average Bonchev–Trinajstić information content (AvgIpc) is 2.96. The lowest BCUT2D eigenvalue weighted by Crippen LogP contribution is -2.37. The maximum absolute atomic E-state index is 4.59. The molecule has 2 aliphatic heterocycles. The van der Waals surface area contributed by atoms with Gasteiger partial charge in [-0.15, -0.1) is 0 Å². The van der Waals surface area contributed by atoms with Crippen molar-refractivity contribution in [2.24, 2.45) is 0 Å². The Morgan fingerprint density at radius 1 is 1.16 bits per heavy atom. The number of nitrogens with zero attached hydrogens (tertiary/aromatic N) is 3. The van der Waals surface area contributed by atoms with Gasteiger partial charge in [0.15, 0.2) is 5.82 Å². The summed E-state index contributed by atoms with van der Waals surface area (Å²) in [6, 6.07) is 4.82. The molecular formula is C15H24N4. The van der Waals surface area contributed by atoms with Gasteiger partial charge in [0.25, 0.3) is 0 Å². The number of rotatable bonds is 3. The van der Waals surface area contributed by atoms with E-state index in [4.69, 9.17) is 0 Å². The molecule has 19 heavy (non-hydrogen) atoms. The first-order valence-electron chi connectivity index (χ1n) is 7.48. The van der Waals surface area contributed by atoms with Crippen LogP contribution in [0.25, 0.3) is 0 Å². The van der Waals surface area contributed by atoms with E-state index in [9.17, 15) is 0 Å². The third-order valence-electron chi connectivity index (χ3n) is 4.27. The molecule has 0 aromatic carbocycles. The van der Waals surface area contributed by atoms with Crippen LogP contribution in [0.2, 0.25) is 0 Å². The van der Waals surface area contributed by atoms with Crippen molar-refractivity contribution in [2.45, 2.75) is 31.7 Å². The van der Waals surface area contributed by atoms with Crippen LogP contribution in [0, 0.1) is 0 Å². The molecule has 1 aromatic rings. The van der Waals surface area contributed by atoms with Crippen LogP contribution in [0.1, 0.15) is 25.7 Å². The highest BCUT2D eigenvalue weighted by molar-refractivity contribution is 5.66. The zero-order valence-electron chi connectivity index (χ0n) is 11.8. The van der Waals surface area contributed by atoms with E-state index in [1.54, 1.807) is 0 Å². The normalized spacial score (nSPS) is 21.8. The van der Waals surface area contributed by atoms with Crippen LogP contribution >= 0.6 is 0 Å². The second-order valence-electron chi connectivity index (χ2n) is 5.79.